The van der Waals surface area contributed by atoms with Gasteiger partial charge in [-0.15, -0.1) is 0 Å². The third kappa shape index (κ3) is 1.78. The molecule has 0 spiro atoms. The van der Waals surface area contributed by atoms with E-state index in [0.29, 0.717) is 16.0 Å². The summed E-state index contributed by atoms with van der Waals surface area (Å²) in [5, 5.41) is 5.40. The van der Waals surface area contributed by atoms with Crippen LogP contribution in [0, 0.1) is 6.92 Å². The Morgan fingerprint density at radius 1 is 1.25 bits per heavy atom. The van der Waals surface area contributed by atoms with Gasteiger partial charge in [0.2, 0.25) is 0 Å². The van der Waals surface area contributed by atoms with Crippen molar-refractivity contribution in [1.29, 1.82) is 0 Å². The van der Waals surface area contributed by atoms with Crippen LogP contribution in [-0.2, 0) is 5.41 Å². The summed E-state index contributed by atoms with van der Waals surface area (Å²) in [7, 11) is 0. The molecule has 2 aromatic rings. The van der Waals surface area contributed by atoms with E-state index in [1.165, 1.54) is 0 Å². The number of fused-ring (bicyclic) bond motifs is 1. The van der Waals surface area contributed by atoms with Crippen LogP contribution in [0.1, 0.15) is 32.0 Å². The summed E-state index contributed by atoms with van der Waals surface area (Å²) in [5.41, 5.74) is 2.35. The SMILES string of the molecule is Cc1c(Cl)nc2cc(C(C)(C)C)nn2c1Cl. The first kappa shape index (κ1) is 11.7. The lowest BCUT2D eigenvalue weighted by Crippen LogP contribution is -2.11. The highest BCUT2D eigenvalue weighted by Gasteiger charge is 2.20. The summed E-state index contributed by atoms with van der Waals surface area (Å²) in [6, 6.07) is 1.91. The summed E-state index contributed by atoms with van der Waals surface area (Å²) in [6.07, 6.45) is 0. The molecule has 0 fully saturated rings. The van der Waals surface area contributed by atoms with Gasteiger partial charge in [-0.1, -0.05) is 44.0 Å². The Labute approximate surface area is 104 Å². The monoisotopic (exact) mass is 257 g/mol. The molecule has 86 valence electrons. The van der Waals surface area contributed by atoms with Crippen LogP contribution in [-0.4, -0.2) is 14.6 Å². The molecule has 0 aliphatic carbocycles. The van der Waals surface area contributed by atoms with Crippen LogP contribution in [0.25, 0.3) is 5.65 Å². The minimum Gasteiger partial charge on any atom is -0.216 e. The van der Waals surface area contributed by atoms with Gasteiger partial charge < -0.3 is 0 Å². The van der Waals surface area contributed by atoms with Crippen molar-refractivity contribution in [1.82, 2.24) is 14.6 Å². The highest BCUT2D eigenvalue weighted by molar-refractivity contribution is 6.34. The second-order valence-corrected chi connectivity index (χ2v) is 5.58. The van der Waals surface area contributed by atoms with E-state index >= 15 is 0 Å². The van der Waals surface area contributed by atoms with Crippen LogP contribution in [0.15, 0.2) is 6.07 Å². The number of rotatable bonds is 0. The third-order valence-corrected chi connectivity index (χ3v) is 3.29. The third-order valence-electron chi connectivity index (χ3n) is 2.48. The number of nitrogens with zero attached hydrogens (tertiary/aromatic N) is 3. The Bertz CT molecular complexity index is 552. The normalized spacial score (nSPS) is 12.4. The molecule has 5 heteroatoms. The average Bonchev–Trinajstić information content (AvgIpc) is 2.57. The van der Waals surface area contributed by atoms with Crippen LogP contribution in [0.3, 0.4) is 0 Å². The molecule has 16 heavy (non-hydrogen) atoms. The zero-order valence-corrected chi connectivity index (χ0v) is 11.2. The average molecular weight is 258 g/mol. The minimum atomic E-state index is -0.0303. The van der Waals surface area contributed by atoms with Gasteiger partial charge in [-0.25, -0.2) is 9.50 Å². The zero-order valence-electron chi connectivity index (χ0n) is 9.67. The van der Waals surface area contributed by atoms with Gasteiger partial charge in [-0.05, 0) is 6.92 Å². The van der Waals surface area contributed by atoms with E-state index in [1.807, 2.05) is 13.0 Å². The maximum atomic E-state index is 6.17. The van der Waals surface area contributed by atoms with Crippen molar-refractivity contribution in [3.63, 3.8) is 0 Å². The van der Waals surface area contributed by atoms with Gasteiger partial charge in [0, 0.05) is 17.0 Å². The van der Waals surface area contributed by atoms with Crippen molar-refractivity contribution in [2.45, 2.75) is 33.1 Å². The van der Waals surface area contributed by atoms with Gasteiger partial charge >= 0.3 is 0 Å². The predicted octanol–water partition coefficient (Wildman–Crippen LogP) is 3.64. The Morgan fingerprint density at radius 3 is 2.44 bits per heavy atom. The smallest absolute Gasteiger partial charge is 0.158 e. The minimum absolute atomic E-state index is 0.0303. The molecule has 3 nitrogen and oxygen atoms in total. The Kier molecular flexibility index (Phi) is 2.63. The number of aromatic nitrogens is 3. The van der Waals surface area contributed by atoms with Gasteiger partial charge in [0.05, 0.1) is 5.69 Å². The topological polar surface area (TPSA) is 30.2 Å². The van der Waals surface area contributed by atoms with Crippen molar-refractivity contribution in [3.05, 3.63) is 27.6 Å². The Hall–Kier alpha value is -0.800. The van der Waals surface area contributed by atoms with Crippen molar-refractivity contribution in [2.24, 2.45) is 0 Å². The summed E-state index contributed by atoms with van der Waals surface area (Å²) in [6.45, 7) is 8.11. The largest absolute Gasteiger partial charge is 0.216 e. The lowest BCUT2D eigenvalue weighted by atomic mass is 9.93. The summed E-state index contributed by atoms with van der Waals surface area (Å²) in [5.74, 6) is 0. The van der Waals surface area contributed by atoms with E-state index in [4.69, 9.17) is 23.2 Å². The lowest BCUT2D eigenvalue weighted by molar-refractivity contribution is 0.562. The zero-order chi connectivity index (χ0) is 12.1. The van der Waals surface area contributed by atoms with Crippen LogP contribution in [0.5, 0.6) is 0 Å². The van der Waals surface area contributed by atoms with Gasteiger partial charge in [-0.2, -0.15) is 5.10 Å². The molecule has 0 saturated heterocycles. The molecule has 0 saturated carbocycles. The van der Waals surface area contributed by atoms with Gasteiger partial charge in [0.15, 0.2) is 5.65 Å². The number of halogens is 2. The summed E-state index contributed by atoms with van der Waals surface area (Å²) < 4.78 is 1.63. The molecule has 0 N–H and O–H groups in total. The van der Waals surface area contributed by atoms with E-state index in [-0.39, 0.29) is 5.41 Å². The van der Waals surface area contributed by atoms with Gasteiger partial charge in [0.1, 0.15) is 10.3 Å². The van der Waals surface area contributed by atoms with E-state index < -0.39 is 0 Å². The Morgan fingerprint density at radius 2 is 1.88 bits per heavy atom. The fourth-order valence-electron chi connectivity index (χ4n) is 1.39. The van der Waals surface area contributed by atoms with Crippen molar-refractivity contribution >= 4 is 28.8 Å². The van der Waals surface area contributed by atoms with E-state index in [1.54, 1.807) is 4.52 Å². The van der Waals surface area contributed by atoms with E-state index in [2.05, 4.69) is 30.9 Å². The fourth-order valence-corrected chi connectivity index (χ4v) is 1.83. The number of hydrogen-bond acceptors (Lipinski definition) is 2. The molecule has 0 aliphatic rings. The highest BCUT2D eigenvalue weighted by atomic mass is 35.5. The number of hydrogen-bond donors (Lipinski definition) is 0. The molecule has 0 unspecified atom stereocenters. The molecule has 0 bridgehead atoms. The quantitative estimate of drug-likeness (QED) is 0.675. The maximum absolute atomic E-state index is 6.17. The van der Waals surface area contributed by atoms with Crippen molar-refractivity contribution in [3.8, 4) is 0 Å². The maximum Gasteiger partial charge on any atom is 0.158 e. The molecule has 0 atom stereocenters. The lowest BCUT2D eigenvalue weighted by Gasteiger charge is -2.13. The molecule has 2 heterocycles. The summed E-state index contributed by atoms with van der Waals surface area (Å²) in [4.78, 5) is 4.25. The van der Waals surface area contributed by atoms with Gasteiger partial charge in [0.25, 0.3) is 0 Å². The molecular weight excluding hydrogens is 245 g/mol. The second kappa shape index (κ2) is 3.60. The standard InChI is InChI=1S/C11H13Cl2N3/c1-6-9(12)14-8-5-7(11(2,3)4)15-16(8)10(6)13/h5H,1-4H3. The fraction of sp³-hybridized carbons (Fsp3) is 0.455. The first-order valence-corrected chi connectivity index (χ1v) is 5.78. The predicted molar refractivity (Wildman–Crippen MR) is 66.4 cm³/mol. The molecule has 2 rings (SSSR count). The second-order valence-electron chi connectivity index (χ2n) is 4.87. The van der Waals surface area contributed by atoms with Crippen LogP contribution in [0.4, 0.5) is 0 Å². The van der Waals surface area contributed by atoms with E-state index in [0.717, 1.165) is 11.3 Å². The molecule has 0 amide bonds. The van der Waals surface area contributed by atoms with Crippen molar-refractivity contribution in [2.75, 3.05) is 0 Å². The first-order valence-electron chi connectivity index (χ1n) is 5.02. The van der Waals surface area contributed by atoms with Gasteiger partial charge in [-0.3, -0.25) is 0 Å². The van der Waals surface area contributed by atoms with E-state index in [9.17, 15) is 0 Å². The molecule has 0 aromatic carbocycles. The van der Waals surface area contributed by atoms with Crippen LogP contribution < -0.4 is 0 Å². The molecule has 0 radical (unpaired) electrons. The Balaban J connectivity index is 2.77. The van der Waals surface area contributed by atoms with Crippen LogP contribution in [0.2, 0.25) is 10.3 Å². The summed E-state index contributed by atoms with van der Waals surface area (Å²) >= 11 is 12.2. The van der Waals surface area contributed by atoms with Crippen molar-refractivity contribution < 1.29 is 0 Å². The van der Waals surface area contributed by atoms with Crippen LogP contribution >= 0.6 is 23.2 Å². The molecular formula is C11H13Cl2N3. The highest BCUT2D eigenvalue weighted by Crippen LogP contribution is 2.27. The first-order chi connectivity index (χ1) is 7.30. The molecule has 0 aliphatic heterocycles. The molecule has 2 aromatic heterocycles.